The van der Waals surface area contributed by atoms with Crippen LogP contribution < -0.4 is 0 Å². The lowest BCUT2D eigenvalue weighted by Gasteiger charge is -2.33. The zero-order valence-electron chi connectivity index (χ0n) is 19.3. The van der Waals surface area contributed by atoms with E-state index in [1.807, 2.05) is 10.9 Å². The minimum Gasteiger partial charge on any atom is -0.373 e. The molecule has 4 heterocycles. The molecule has 0 amide bonds. The van der Waals surface area contributed by atoms with E-state index in [1.165, 1.54) is 12.1 Å². The lowest BCUT2D eigenvalue weighted by Crippen LogP contribution is -2.33. The van der Waals surface area contributed by atoms with Gasteiger partial charge in [-0.05, 0) is 44.9 Å². The summed E-state index contributed by atoms with van der Waals surface area (Å²) >= 11 is 5.96. The number of alkyl halides is 1. The Morgan fingerprint density at radius 3 is 2.69 bits per heavy atom. The fraction of sp³-hybridized carbons (Fsp3) is 0.400. The first-order chi connectivity index (χ1) is 16.8. The Bertz CT molecular complexity index is 1460. The topological polar surface area (TPSA) is 78.6 Å². The number of aryl methyl sites for hydroxylation is 2. The molecule has 3 aromatic heterocycles. The van der Waals surface area contributed by atoms with Gasteiger partial charge in [-0.2, -0.15) is 5.10 Å². The van der Waals surface area contributed by atoms with Gasteiger partial charge < -0.3 is 4.74 Å². The fourth-order valence-electron chi connectivity index (χ4n) is 4.47. The third-order valence-corrected chi connectivity index (χ3v) is 7.01. The second-order valence-corrected chi connectivity index (χ2v) is 9.79. The van der Waals surface area contributed by atoms with E-state index in [-0.39, 0.29) is 47.2 Å². The van der Waals surface area contributed by atoms with Crippen LogP contribution in [0.1, 0.15) is 60.6 Å². The Morgan fingerprint density at radius 1 is 1.11 bits per heavy atom. The molecule has 1 saturated heterocycles. The number of hydrogen-bond donors (Lipinski definition) is 0. The summed E-state index contributed by atoms with van der Waals surface area (Å²) < 4.78 is 39.4. The molecule has 2 aliphatic rings. The average molecular weight is 497 g/mol. The highest BCUT2D eigenvalue weighted by molar-refractivity contribution is 6.30. The third kappa shape index (κ3) is 4.06. The van der Waals surface area contributed by atoms with E-state index in [0.29, 0.717) is 22.9 Å². The molecule has 0 bridgehead atoms. The van der Waals surface area contributed by atoms with Crippen molar-refractivity contribution in [1.29, 1.82) is 0 Å². The molecule has 6 rings (SSSR count). The smallest absolute Gasteiger partial charge is 0.182 e. The summed E-state index contributed by atoms with van der Waals surface area (Å²) in [7, 11) is 0. The van der Waals surface area contributed by atoms with Crippen molar-refractivity contribution in [2.45, 2.75) is 57.3 Å². The highest BCUT2D eigenvalue weighted by Crippen LogP contribution is 2.44. The first-order valence-corrected chi connectivity index (χ1v) is 12.0. The quantitative estimate of drug-likeness (QED) is 0.358. The summed E-state index contributed by atoms with van der Waals surface area (Å²) in [6.45, 7) is 3.80. The third-order valence-electron chi connectivity index (χ3n) is 6.77. The van der Waals surface area contributed by atoms with Crippen molar-refractivity contribution in [1.82, 2.24) is 29.7 Å². The van der Waals surface area contributed by atoms with Crippen molar-refractivity contribution < 1.29 is 13.5 Å². The van der Waals surface area contributed by atoms with Crippen LogP contribution in [0.25, 0.3) is 22.4 Å². The minimum absolute atomic E-state index is 0.0235. The largest absolute Gasteiger partial charge is 0.373 e. The van der Waals surface area contributed by atoms with Gasteiger partial charge >= 0.3 is 0 Å². The first-order valence-electron chi connectivity index (χ1n) is 11.6. The minimum atomic E-state index is -1.89. The maximum atomic E-state index is 16.6. The Hall–Kier alpha value is -3.04. The molecule has 1 saturated carbocycles. The summed E-state index contributed by atoms with van der Waals surface area (Å²) in [5.74, 6) is -0.622. The highest BCUT2D eigenvalue weighted by Gasteiger charge is 2.43. The molecule has 7 nitrogen and oxygen atoms in total. The first kappa shape index (κ1) is 22.4. The van der Waals surface area contributed by atoms with Crippen LogP contribution in [0.4, 0.5) is 8.78 Å². The molecule has 2 atom stereocenters. The second kappa shape index (κ2) is 8.27. The van der Waals surface area contributed by atoms with Gasteiger partial charge in [0.05, 0.1) is 36.3 Å². The van der Waals surface area contributed by atoms with Gasteiger partial charge in [-0.25, -0.2) is 28.7 Å². The van der Waals surface area contributed by atoms with Gasteiger partial charge in [0.1, 0.15) is 17.0 Å². The van der Waals surface area contributed by atoms with Gasteiger partial charge in [0, 0.05) is 35.2 Å². The van der Waals surface area contributed by atoms with Crippen molar-refractivity contribution >= 4 is 22.8 Å². The van der Waals surface area contributed by atoms with Crippen LogP contribution in [-0.4, -0.2) is 36.3 Å². The van der Waals surface area contributed by atoms with Gasteiger partial charge in [-0.15, -0.1) is 0 Å². The standard InChI is InChI=1S/C25H23ClF2N6O/c1-13-14(2)31-23-22(30-13)21(18-6-3-16(26)9-19(18)27)32-24(33-23)25(28)7-8-35-20(10-25)15-11-29-34(12-15)17-4-5-17/h3,6,9,11-12,17,20H,4-5,7-8,10H2,1-2H3/t20-,25-/m0/s1. The van der Waals surface area contributed by atoms with Gasteiger partial charge in [-0.3, -0.25) is 4.68 Å². The van der Waals surface area contributed by atoms with Gasteiger partial charge in [0.25, 0.3) is 0 Å². The molecule has 4 aromatic rings. The van der Waals surface area contributed by atoms with Crippen molar-refractivity contribution in [3.8, 4) is 11.3 Å². The Kier molecular flexibility index (Phi) is 5.30. The van der Waals surface area contributed by atoms with Crippen LogP contribution in [0, 0.1) is 19.7 Å². The normalized spacial score (nSPS) is 22.6. The lowest BCUT2D eigenvalue weighted by molar-refractivity contribution is -0.0715. The van der Waals surface area contributed by atoms with E-state index in [2.05, 4.69) is 25.0 Å². The van der Waals surface area contributed by atoms with Crippen LogP contribution in [0.3, 0.4) is 0 Å². The van der Waals surface area contributed by atoms with Crippen molar-refractivity contribution in [3.63, 3.8) is 0 Å². The Balaban J connectivity index is 1.45. The summed E-state index contributed by atoms with van der Waals surface area (Å²) in [4.78, 5) is 18.1. The van der Waals surface area contributed by atoms with E-state index < -0.39 is 17.6 Å². The van der Waals surface area contributed by atoms with E-state index in [1.54, 1.807) is 26.1 Å². The molecule has 2 fully saturated rings. The monoisotopic (exact) mass is 496 g/mol. The molecule has 1 aliphatic heterocycles. The van der Waals surface area contributed by atoms with Gasteiger partial charge in [-0.1, -0.05) is 11.6 Å². The number of benzene rings is 1. The van der Waals surface area contributed by atoms with E-state index in [4.69, 9.17) is 16.3 Å². The molecule has 10 heteroatoms. The maximum Gasteiger partial charge on any atom is 0.182 e. The number of ether oxygens (including phenoxy) is 1. The number of rotatable bonds is 4. The number of halogens is 3. The zero-order valence-corrected chi connectivity index (χ0v) is 20.1. The van der Waals surface area contributed by atoms with Crippen LogP contribution in [-0.2, 0) is 10.4 Å². The molecule has 35 heavy (non-hydrogen) atoms. The fourth-order valence-corrected chi connectivity index (χ4v) is 4.63. The van der Waals surface area contributed by atoms with Crippen LogP contribution in [0.15, 0.2) is 30.6 Å². The molecular formula is C25H23ClF2N6O. The molecule has 0 spiro atoms. The number of nitrogens with zero attached hydrogens (tertiary/aromatic N) is 6. The SMILES string of the molecule is Cc1nc2nc([C@]3(F)CCO[C@H](c4cnn(C5CC5)c4)C3)nc(-c3ccc(Cl)cc3F)c2nc1C. The molecular weight excluding hydrogens is 474 g/mol. The number of hydrogen-bond acceptors (Lipinski definition) is 6. The number of aromatic nitrogens is 6. The second-order valence-electron chi connectivity index (χ2n) is 9.35. The van der Waals surface area contributed by atoms with E-state index >= 15 is 4.39 Å². The predicted octanol–water partition coefficient (Wildman–Crippen LogP) is 5.74. The summed E-state index contributed by atoms with van der Waals surface area (Å²) in [6.07, 6.45) is 5.50. The molecule has 180 valence electrons. The zero-order chi connectivity index (χ0) is 24.3. The Labute approximate surface area is 205 Å². The van der Waals surface area contributed by atoms with E-state index in [9.17, 15) is 4.39 Å². The van der Waals surface area contributed by atoms with Crippen LogP contribution >= 0.6 is 11.6 Å². The van der Waals surface area contributed by atoms with Gasteiger partial charge in [0.2, 0.25) is 0 Å². The van der Waals surface area contributed by atoms with Crippen molar-refractivity contribution in [2.24, 2.45) is 0 Å². The predicted molar refractivity (Wildman–Crippen MR) is 126 cm³/mol. The van der Waals surface area contributed by atoms with Crippen molar-refractivity contribution in [2.75, 3.05) is 6.61 Å². The highest BCUT2D eigenvalue weighted by atomic mass is 35.5. The average Bonchev–Trinajstić information content (AvgIpc) is 3.56. The molecule has 0 radical (unpaired) electrons. The lowest BCUT2D eigenvalue weighted by atomic mass is 9.89. The van der Waals surface area contributed by atoms with Crippen molar-refractivity contribution in [3.05, 3.63) is 64.2 Å². The summed E-state index contributed by atoms with van der Waals surface area (Å²) in [5, 5.41) is 4.67. The van der Waals surface area contributed by atoms with E-state index in [0.717, 1.165) is 18.4 Å². The summed E-state index contributed by atoms with van der Waals surface area (Å²) in [5.41, 5.74) is 1.16. The Morgan fingerprint density at radius 2 is 1.91 bits per heavy atom. The molecule has 0 unspecified atom stereocenters. The number of fused-ring (bicyclic) bond motifs is 1. The van der Waals surface area contributed by atoms with Gasteiger partial charge in [0.15, 0.2) is 17.1 Å². The summed E-state index contributed by atoms with van der Waals surface area (Å²) in [6, 6.07) is 4.71. The molecule has 1 aliphatic carbocycles. The van der Waals surface area contributed by atoms with Crippen LogP contribution in [0.5, 0.6) is 0 Å². The van der Waals surface area contributed by atoms with Crippen LogP contribution in [0.2, 0.25) is 5.02 Å². The molecule has 1 aromatic carbocycles. The maximum absolute atomic E-state index is 16.6. The molecule has 0 N–H and O–H groups in total.